The van der Waals surface area contributed by atoms with E-state index in [4.69, 9.17) is 20.9 Å². The van der Waals surface area contributed by atoms with Crippen molar-refractivity contribution in [1.82, 2.24) is 10.2 Å². The molecule has 0 saturated carbocycles. The smallest absolute Gasteiger partial charge is 0.289 e. The van der Waals surface area contributed by atoms with Gasteiger partial charge < -0.3 is 19.5 Å². The number of rotatable bonds is 8. The van der Waals surface area contributed by atoms with Gasteiger partial charge in [0, 0.05) is 17.3 Å². The van der Waals surface area contributed by atoms with Crippen molar-refractivity contribution in [2.24, 2.45) is 4.40 Å². The summed E-state index contributed by atoms with van der Waals surface area (Å²) in [7, 11) is -4.09. The summed E-state index contributed by atoms with van der Waals surface area (Å²) in [6.07, 6.45) is -1.19. The number of nitrogens with zero attached hydrogens (tertiary/aromatic N) is 4. The molecule has 1 aliphatic heterocycles. The average Bonchev–Trinajstić information content (AvgIpc) is 3.25. The molecule has 3 aromatic rings. The van der Waals surface area contributed by atoms with Crippen molar-refractivity contribution in [2.75, 3.05) is 18.5 Å². The molecule has 1 fully saturated rings. The molecule has 11 nitrogen and oxygen atoms in total. The molecule has 38 heavy (non-hydrogen) atoms. The van der Waals surface area contributed by atoms with Crippen LogP contribution >= 0.6 is 11.6 Å². The van der Waals surface area contributed by atoms with E-state index in [0.29, 0.717) is 16.4 Å². The zero-order valence-electron chi connectivity index (χ0n) is 21.1. The predicted octanol–water partition coefficient (Wildman–Crippen LogP) is 2.11. The number of halogens is 1. The van der Waals surface area contributed by atoms with Gasteiger partial charge >= 0.3 is 0 Å². The minimum Gasteiger partial charge on any atom is -0.486 e. The minimum absolute atomic E-state index is 0.00996. The Morgan fingerprint density at radius 1 is 1.21 bits per heavy atom. The SMILES string of the molecule is Cc1ccc(S(=O)(=O)/N=c2\o[n-][n+](C(C)C)c2CN2CCOC(CC(=O)Nc3ccc(Cl)cc3)C2=O)cc1. The van der Waals surface area contributed by atoms with Crippen molar-refractivity contribution in [2.45, 2.75) is 50.8 Å². The Labute approximate surface area is 225 Å². The number of sulfonamides is 1. The number of amides is 2. The van der Waals surface area contributed by atoms with Gasteiger partial charge in [-0.2, -0.15) is 8.42 Å². The van der Waals surface area contributed by atoms with Crippen molar-refractivity contribution in [3.8, 4) is 0 Å². The number of aromatic nitrogens is 2. The quantitative estimate of drug-likeness (QED) is 0.416. The molecule has 202 valence electrons. The van der Waals surface area contributed by atoms with Gasteiger partial charge in [0.1, 0.15) is 18.7 Å². The lowest BCUT2D eigenvalue weighted by molar-refractivity contribution is -0.790. The van der Waals surface area contributed by atoms with Crippen molar-refractivity contribution in [3.05, 3.63) is 70.4 Å². The molecule has 1 N–H and O–H groups in total. The van der Waals surface area contributed by atoms with Gasteiger partial charge in [0.15, 0.2) is 0 Å². The fourth-order valence-corrected chi connectivity index (χ4v) is 4.93. The monoisotopic (exact) mass is 561 g/mol. The molecule has 0 bridgehead atoms. The lowest BCUT2D eigenvalue weighted by Gasteiger charge is -2.31. The summed E-state index contributed by atoms with van der Waals surface area (Å²) in [5, 5.41) is 7.21. The molecule has 0 spiro atoms. The first-order valence-electron chi connectivity index (χ1n) is 11.9. The van der Waals surface area contributed by atoms with Crippen molar-refractivity contribution >= 4 is 39.1 Å². The second-order valence-electron chi connectivity index (χ2n) is 9.12. The zero-order chi connectivity index (χ0) is 27.4. The molecule has 4 rings (SSSR count). The van der Waals surface area contributed by atoms with Crippen LogP contribution in [0.15, 0.2) is 62.3 Å². The molecule has 2 heterocycles. The summed E-state index contributed by atoms with van der Waals surface area (Å²) < 4.78 is 42.1. The highest BCUT2D eigenvalue weighted by Gasteiger charge is 2.34. The predicted molar refractivity (Wildman–Crippen MR) is 136 cm³/mol. The van der Waals surface area contributed by atoms with E-state index in [9.17, 15) is 18.0 Å². The lowest BCUT2D eigenvalue weighted by Crippen LogP contribution is -2.52. The Morgan fingerprint density at radius 3 is 2.55 bits per heavy atom. The first-order valence-corrected chi connectivity index (χ1v) is 13.8. The Kier molecular flexibility index (Phi) is 8.34. The number of hydrogen-bond acceptors (Lipinski definition) is 6. The molecule has 13 heteroatoms. The van der Waals surface area contributed by atoms with Gasteiger partial charge in [-0.05, 0) is 57.2 Å². The van der Waals surface area contributed by atoms with E-state index in [0.717, 1.165) is 5.56 Å². The summed E-state index contributed by atoms with van der Waals surface area (Å²) in [5.74, 6) is -0.805. The van der Waals surface area contributed by atoms with Gasteiger partial charge in [-0.1, -0.05) is 29.3 Å². The van der Waals surface area contributed by atoms with Crippen LogP contribution in [0.1, 0.15) is 37.6 Å². The molecule has 2 aromatic carbocycles. The number of aryl methyl sites for hydroxylation is 1. The van der Waals surface area contributed by atoms with E-state index in [-0.39, 0.29) is 42.6 Å². The van der Waals surface area contributed by atoms with E-state index >= 15 is 0 Å². The number of carbonyl (C=O) groups is 2. The molecule has 1 atom stereocenters. The van der Waals surface area contributed by atoms with Crippen LogP contribution in [0.2, 0.25) is 5.02 Å². The summed E-state index contributed by atoms with van der Waals surface area (Å²) in [5.41, 5.74) is 1.55. The van der Waals surface area contributed by atoms with Gasteiger partial charge in [0.2, 0.25) is 5.91 Å². The number of anilines is 1. The van der Waals surface area contributed by atoms with E-state index in [2.05, 4.69) is 15.0 Å². The van der Waals surface area contributed by atoms with Crippen molar-refractivity contribution in [1.29, 1.82) is 0 Å². The Hall–Kier alpha value is -3.48. The Balaban J connectivity index is 1.54. The number of benzene rings is 2. The fourth-order valence-electron chi connectivity index (χ4n) is 3.86. The molecular formula is C25H28ClN5O6S. The highest BCUT2D eigenvalue weighted by atomic mass is 35.5. The van der Waals surface area contributed by atoms with E-state index in [1.807, 2.05) is 20.8 Å². The lowest BCUT2D eigenvalue weighted by atomic mass is 10.1. The molecule has 1 saturated heterocycles. The highest BCUT2D eigenvalue weighted by Crippen LogP contribution is 2.17. The van der Waals surface area contributed by atoms with Crippen LogP contribution < -0.4 is 20.8 Å². The number of carbonyl (C=O) groups excluding carboxylic acids is 2. The van der Waals surface area contributed by atoms with E-state index in [1.165, 1.54) is 21.7 Å². The Bertz CT molecular complexity index is 1480. The summed E-state index contributed by atoms with van der Waals surface area (Å²) >= 11 is 5.88. The maximum absolute atomic E-state index is 13.2. The normalized spacial score (nSPS) is 16.8. The van der Waals surface area contributed by atoms with Crippen LogP contribution in [-0.4, -0.2) is 44.4 Å². The largest absolute Gasteiger partial charge is 0.486 e. The average molecular weight is 562 g/mol. The van der Waals surface area contributed by atoms with Gasteiger partial charge in [-0.25, -0.2) is 4.68 Å². The third kappa shape index (κ3) is 6.50. The molecule has 0 aliphatic carbocycles. The topological polar surface area (TPSA) is 136 Å². The van der Waals surface area contributed by atoms with E-state index in [1.54, 1.807) is 36.4 Å². The first kappa shape index (κ1) is 27.6. The van der Waals surface area contributed by atoms with Gasteiger partial charge in [-0.15, -0.1) is 4.40 Å². The maximum atomic E-state index is 13.2. The second kappa shape index (κ2) is 11.5. The second-order valence-corrected chi connectivity index (χ2v) is 11.2. The molecule has 1 aromatic heterocycles. The molecule has 0 radical (unpaired) electrons. The summed E-state index contributed by atoms with van der Waals surface area (Å²) in [4.78, 5) is 27.2. The fraction of sp³-hybridized carbons (Fsp3) is 0.360. The van der Waals surface area contributed by atoms with E-state index < -0.39 is 27.9 Å². The third-order valence-corrected chi connectivity index (χ3v) is 7.38. The van der Waals surface area contributed by atoms with Crippen LogP contribution in [-0.2, 0) is 30.9 Å². The van der Waals surface area contributed by atoms with Crippen molar-refractivity contribution < 1.29 is 31.9 Å². The molecule has 2 amide bonds. The zero-order valence-corrected chi connectivity index (χ0v) is 22.7. The van der Waals surface area contributed by atoms with Crippen LogP contribution in [0.25, 0.3) is 0 Å². The molecular weight excluding hydrogens is 534 g/mol. The standard InChI is InChI=1S/C25H28ClN5O6S/c1-16(2)31-21(24(37-29-31)28-38(34,35)20-10-4-17(3)5-11-20)15-30-12-13-36-22(25(30)33)14-23(32)27-19-8-6-18(26)7-9-19/h4-11,16,22H,12-15H2,1-3H3,(H,27,32)/b28-24-. The maximum Gasteiger partial charge on any atom is 0.289 e. The third-order valence-electron chi connectivity index (χ3n) is 5.86. The van der Waals surface area contributed by atoms with Gasteiger partial charge in [0.25, 0.3) is 27.2 Å². The molecule has 1 unspecified atom stereocenters. The number of ether oxygens (including phenoxy) is 1. The van der Waals surface area contributed by atoms with Crippen LogP contribution in [0.5, 0.6) is 0 Å². The minimum atomic E-state index is -4.09. The van der Waals surface area contributed by atoms with Crippen LogP contribution in [0.3, 0.4) is 0 Å². The highest BCUT2D eigenvalue weighted by molar-refractivity contribution is 7.90. The van der Waals surface area contributed by atoms with Crippen LogP contribution in [0.4, 0.5) is 5.69 Å². The summed E-state index contributed by atoms with van der Waals surface area (Å²) in [6, 6.07) is 12.7. The number of nitrogens with one attached hydrogen (secondary N) is 1. The number of morpholine rings is 1. The molecule has 1 aliphatic rings. The first-order chi connectivity index (χ1) is 18.0. The van der Waals surface area contributed by atoms with Crippen LogP contribution in [0, 0.1) is 6.92 Å². The van der Waals surface area contributed by atoms with Gasteiger partial charge in [-0.3, -0.25) is 14.9 Å². The summed E-state index contributed by atoms with van der Waals surface area (Å²) in [6.45, 7) is 5.95. The van der Waals surface area contributed by atoms with Gasteiger partial charge in [0.05, 0.1) is 17.9 Å². The number of hydrogen-bond donors (Lipinski definition) is 1. The Morgan fingerprint density at radius 2 is 1.89 bits per heavy atom. The van der Waals surface area contributed by atoms with Crippen molar-refractivity contribution in [3.63, 3.8) is 0 Å².